The number of hydrogen-bond donors (Lipinski definition) is 4. The number of nitrogens with one attached hydrogen (secondary N) is 1. The van der Waals surface area contributed by atoms with E-state index in [1.165, 1.54) is 96.3 Å². The number of carboxylic acids is 1. The van der Waals surface area contributed by atoms with Crippen LogP contribution in [0.15, 0.2) is 0 Å². The summed E-state index contributed by atoms with van der Waals surface area (Å²) in [5, 5.41) is 21.7. The van der Waals surface area contributed by atoms with Crippen LogP contribution in [0.4, 0.5) is 0 Å². The molecule has 278 valence electrons. The van der Waals surface area contributed by atoms with Crippen LogP contribution in [0, 0.1) is 0 Å². The number of aliphatic hydroxyl groups excluding tert-OH is 1. The maximum Gasteiger partial charge on any atom is 0.472 e. The molecule has 3 unspecified atom stereocenters. The number of amides is 1. The maximum atomic E-state index is 12.2. The Kier molecular flexibility index (Phi) is 30.7. The van der Waals surface area contributed by atoms with E-state index in [9.17, 15) is 34.1 Å². The predicted molar refractivity (Wildman–Crippen MR) is 185 cm³/mol. The highest BCUT2D eigenvalue weighted by Crippen LogP contribution is 2.43. The molecule has 47 heavy (non-hydrogen) atoms. The van der Waals surface area contributed by atoms with Crippen molar-refractivity contribution in [2.24, 2.45) is 0 Å². The summed E-state index contributed by atoms with van der Waals surface area (Å²) < 4.78 is 26.6. The van der Waals surface area contributed by atoms with Gasteiger partial charge in [0.05, 0.1) is 13.2 Å². The van der Waals surface area contributed by atoms with E-state index in [4.69, 9.17) is 13.8 Å². The summed E-state index contributed by atoms with van der Waals surface area (Å²) in [7, 11) is -4.74. The summed E-state index contributed by atoms with van der Waals surface area (Å²) in [6.45, 7) is 2.55. The molecule has 0 fully saturated rings. The number of hydrogen-bond acceptors (Lipinski definition) is 8. The fraction of sp³-hybridized carbons (Fsp3) is 0.914. The Labute approximate surface area is 284 Å². The average Bonchev–Trinajstić information content (AvgIpc) is 3.04. The minimum absolute atomic E-state index is 0.152. The normalized spacial score (nSPS) is 14.0. The van der Waals surface area contributed by atoms with Gasteiger partial charge in [-0.2, -0.15) is 0 Å². The third kappa shape index (κ3) is 31.5. The molecular weight excluding hydrogens is 625 g/mol. The lowest BCUT2D eigenvalue weighted by Crippen LogP contribution is -2.43. The minimum Gasteiger partial charge on any atom is -0.480 e. The highest BCUT2D eigenvalue weighted by molar-refractivity contribution is 7.47. The second kappa shape index (κ2) is 31.7. The van der Waals surface area contributed by atoms with Crippen molar-refractivity contribution in [3.05, 3.63) is 0 Å². The van der Waals surface area contributed by atoms with Crippen molar-refractivity contribution in [1.29, 1.82) is 0 Å². The van der Waals surface area contributed by atoms with Gasteiger partial charge in [0.25, 0.3) is 0 Å². The monoisotopic (exact) mass is 693 g/mol. The van der Waals surface area contributed by atoms with Gasteiger partial charge in [-0.05, 0) is 12.8 Å². The third-order valence-electron chi connectivity index (χ3n) is 8.15. The lowest BCUT2D eigenvalue weighted by Gasteiger charge is -2.18. The molecule has 0 aliphatic carbocycles. The fourth-order valence-corrected chi connectivity index (χ4v) is 5.97. The molecule has 0 aromatic carbocycles. The fourth-order valence-electron chi connectivity index (χ4n) is 5.20. The minimum atomic E-state index is -4.74. The van der Waals surface area contributed by atoms with Crippen LogP contribution in [0.1, 0.15) is 174 Å². The smallest absolute Gasteiger partial charge is 0.472 e. The van der Waals surface area contributed by atoms with Crippen molar-refractivity contribution in [3.63, 3.8) is 0 Å². The number of aliphatic hydroxyl groups is 1. The lowest BCUT2D eigenvalue weighted by atomic mass is 10.0. The second-order valence-corrected chi connectivity index (χ2v) is 14.2. The summed E-state index contributed by atoms with van der Waals surface area (Å²) in [6, 6.07) is -1.54. The van der Waals surface area contributed by atoms with Gasteiger partial charge in [0.15, 0.2) is 6.04 Å². The number of ether oxygens (including phenoxy) is 1. The molecule has 0 aromatic rings. The summed E-state index contributed by atoms with van der Waals surface area (Å²) in [5.41, 5.74) is 0. The van der Waals surface area contributed by atoms with Gasteiger partial charge in [-0.3, -0.25) is 18.6 Å². The predicted octanol–water partition coefficient (Wildman–Crippen LogP) is 8.39. The standard InChI is InChI=1S/C35H68NO10P/c1-3-5-7-9-11-13-14-15-16-17-19-20-22-24-26-33(38)36-32(35(40)41)30-46-47(42,43)45-29-31(37)28-44-34(39)27-25-23-21-18-12-10-8-6-4-2/h31-32,37H,3-30H2,1-2H3,(H,36,38)(H,40,41)(H,42,43). The topological polar surface area (TPSA) is 169 Å². The molecule has 11 nitrogen and oxygen atoms in total. The molecule has 0 aromatic heterocycles. The van der Waals surface area contributed by atoms with Gasteiger partial charge in [0, 0.05) is 12.8 Å². The van der Waals surface area contributed by atoms with E-state index in [1.807, 2.05) is 0 Å². The second-order valence-electron chi connectivity index (χ2n) is 12.8. The number of unbranched alkanes of at least 4 members (excludes halogenated alkanes) is 21. The number of carbonyl (C=O) groups excluding carboxylic acids is 2. The average molecular weight is 694 g/mol. The summed E-state index contributed by atoms with van der Waals surface area (Å²) in [4.78, 5) is 45.6. The number of carbonyl (C=O) groups is 3. The Balaban J connectivity index is 3.97. The van der Waals surface area contributed by atoms with Crippen LogP contribution in [0.2, 0.25) is 0 Å². The molecule has 0 aliphatic rings. The molecule has 1 amide bonds. The van der Waals surface area contributed by atoms with Gasteiger partial charge in [-0.15, -0.1) is 0 Å². The molecule has 12 heteroatoms. The van der Waals surface area contributed by atoms with E-state index in [0.717, 1.165) is 38.5 Å². The first-order valence-electron chi connectivity index (χ1n) is 18.6. The van der Waals surface area contributed by atoms with Gasteiger partial charge in [0.2, 0.25) is 5.91 Å². The SMILES string of the molecule is CCCCCCCCCCCCCCCCC(=O)NC(COP(=O)(O)OCC(O)COC(=O)CCCCCCCCCCC)C(=O)O. The Morgan fingerprint density at radius 1 is 0.596 bits per heavy atom. The van der Waals surface area contributed by atoms with Gasteiger partial charge < -0.3 is 25.2 Å². The van der Waals surface area contributed by atoms with E-state index < -0.39 is 57.6 Å². The molecule has 0 aliphatic heterocycles. The van der Waals surface area contributed by atoms with E-state index in [0.29, 0.717) is 12.8 Å². The van der Waals surface area contributed by atoms with Crippen LogP contribution in [0.5, 0.6) is 0 Å². The van der Waals surface area contributed by atoms with Crippen LogP contribution in [-0.4, -0.2) is 64.9 Å². The number of aliphatic carboxylic acids is 1. The first-order valence-corrected chi connectivity index (χ1v) is 20.1. The third-order valence-corrected chi connectivity index (χ3v) is 9.10. The molecule has 0 rings (SSSR count). The van der Waals surface area contributed by atoms with Crippen molar-refractivity contribution in [2.45, 2.75) is 187 Å². The Morgan fingerprint density at radius 3 is 1.40 bits per heavy atom. The summed E-state index contributed by atoms with van der Waals surface area (Å²) >= 11 is 0. The Hall–Kier alpha value is -1.52. The van der Waals surface area contributed by atoms with Crippen LogP contribution in [0.25, 0.3) is 0 Å². The van der Waals surface area contributed by atoms with Crippen molar-refractivity contribution in [3.8, 4) is 0 Å². The number of esters is 1. The quantitative estimate of drug-likeness (QED) is 0.0287. The van der Waals surface area contributed by atoms with Gasteiger partial charge >= 0.3 is 19.8 Å². The molecular formula is C35H68NO10P. The van der Waals surface area contributed by atoms with Gasteiger partial charge in [0.1, 0.15) is 12.7 Å². The van der Waals surface area contributed by atoms with E-state index in [-0.39, 0.29) is 12.8 Å². The van der Waals surface area contributed by atoms with Gasteiger partial charge in [-0.1, -0.05) is 149 Å². The van der Waals surface area contributed by atoms with Crippen molar-refractivity contribution < 1.29 is 47.8 Å². The number of rotatable bonds is 35. The maximum absolute atomic E-state index is 12.2. The number of phosphoric ester groups is 1. The molecule has 3 atom stereocenters. The van der Waals surface area contributed by atoms with Crippen LogP contribution >= 0.6 is 7.82 Å². The molecule has 0 spiro atoms. The van der Waals surface area contributed by atoms with E-state index in [1.54, 1.807) is 0 Å². The van der Waals surface area contributed by atoms with E-state index >= 15 is 0 Å². The first-order chi connectivity index (χ1) is 22.6. The Bertz CT molecular complexity index is 828. The first kappa shape index (κ1) is 45.5. The molecule has 0 heterocycles. The molecule has 0 saturated heterocycles. The molecule has 0 radical (unpaired) electrons. The number of phosphoric acid groups is 1. The highest BCUT2D eigenvalue weighted by atomic mass is 31.2. The highest BCUT2D eigenvalue weighted by Gasteiger charge is 2.28. The molecule has 0 saturated carbocycles. The number of carboxylic acid groups (broad SMARTS) is 1. The van der Waals surface area contributed by atoms with Crippen LogP contribution in [-0.2, 0) is 32.7 Å². The summed E-state index contributed by atoms with van der Waals surface area (Å²) in [6.07, 6.45) is 25.7. The van der Waals surface area contributed by atoms with Gasteiger partial charge in [-0.25, -0.2) is 9.36 Å². The summed E-state index contributed by atoms with van der Waals surface area (Å²) in [5.74, 6) is -2.36. The molecule has 4 N–H and O–H groups in total. The largest absolute Gasteiger partial charge is 0.480 e. The van der Waals surface area contributed by atoms with Crippen molar-refractivity contribution in [2.75, 3.05) is 19.8 Å². The lowest BCUT2D eigenvalue weighted by molar-refractivity contribution is -0.147. The van der Waals surface area contributed by atoms with Crippen LogP contribution < -0.4 is 5.32 Å². The van der Waals surface area contributed by atoms with E-state index in [2.05, 4.69) is 19.2 Å². The zero-order chi connectivity index (χ0) is 35.0. The zero-order valence-electron chi connectivity index (χ0n) is 29.6. The van der Waals surface area contributed by atoms with Crippen molar-refractivity contribution >= 4 is 25.7 Å². The Morgan fingerprint density at radius 2 is 0.979 bits per heavy atom. The van der Waals surface area contributed by atoms with Crippen molar-refractivity contribution in [1.82, 2.24) is 5.32 Å². The van der Waals surface area contributed by atoms with Crippen LogP contribution in [0.3, 0.4) is 0 Å². The zero-order valence-corrected chi connectivity index (χ0v) is 30.5. The molecule has 0 bridgehead atoms.